The van der Waals surface area contributed by atoms with Gasteiger partial charge in [-0.25, -0.2) is 5.43 Å². The Hall–Kier alpha value is -2.44. The van der Waals surface area contributed by atoms with Gasteiger partial charge in [-0.1, -0.05) is 41.4 Å². The van der Waals surface area contributed by atoms with Crippen molar-refractivity contribution in [3.05, 3.63) is 73.8 Å². The van der Waals surface area contributed by atoms with Crippen molar-refractivity contribution in [1.29, 1.82) is 0 Å². The van der Waals surface area contributed by atoms with Gasteiger partial charge in [0.05, 0.1) is 21.2 Å². The topological polar surface area (TPSA) is 84.6 Å². The highest BCUT2D eigenvalue weighted by Gasteiger charge is 2.18. The highest BCUT2D eigenvalue weighted by molar-refractivity contribution is 6.38. The monoisotopic (exact) mass is 337 g/mol. The molecule has 0 saturated heterocycles. The number of nitro benzene ring substituents is 1. The maximum atomic E-state index is 11.9. The zero-order valence-corrected chi connectivity index (χ0v) is 12.5. The molecule has 1 amide bonds. The smallest absolute Gasteiger partial charge is 0.267 e. The number of hydrogen-bond donors (Lipinski definition) is 1. The van der Waals surface area contributed by atoms with Crippen LogP contribution in [0.2, 0.25) is 10.0 Å². The summed E-state index contributed by atoms with van der Waals surface area (Å²) in [4.78, 5) is 22.2. The van der Waals surface area contributed by atoms with Crippen molar-refractivity contribution in [1.82, 2.24) is 5.43 Å². The van der Waals surface area contributed by atoms with Gasteiger partial charge < -0.3 is 0 Å². The Morgan fingerprint density at radius 1 is 1.14 bits per heavy atom. The van der Waals surface area contributed by atoms with Gasteiger partial charge in [-0.05, 0) is 18.2 Å². The van der Waals surface area contributed by atoms with E-state index in [2.05, 4.69) is 10.5 Å². The number of benzene rings is 2. The molecule has 2 aromatic rings. The number of nitrogens with zero attached hydrogens (tertiary/aromatic N) is 2. The quantitative estimate of drug-likeness (QED) is 0.524. The lowest BCUT2D eigenvalue weighted by molar-refractivity contribution is -0.385. The Morgan fingerprint density at radius 3 is 2.41 bits per heavy atom. The number of hydrogen-bond acceptors (Lipinski definition) is 4. The molecule has 0 aliphatic heterocycles. The number of amides is 1. The summed E-state index contributed by atoms with van der Waals surface area (Å²) in [5.41, 5.74) is 2.26. The molecule has 0 heterocycles. The Bertz CT molecular complexity index is 742. The molecule has 0 aliphatic carbocycles. The Balaban J connectivity index is 2.17. The Kier molecular flexibility index (Phi) is 5.08. The molecule has 22 heavy (non-hydrogen) atoms. The van der Waals surface area contributed by atoms with E-state index in [-0.39, 0.29) is 11.3 Å². The van der Waals surface area contributed by atoms with Crippen molar-refractivity contribution in [2.24, 2.45) is 5.10 Å². The largest absolute Gasteiger partial charge is 0.282 e. The van der Waals surface area contributed by atoms with Crippen LogP contribution in [0.1, 0.15) is 15.9 Å². The molecule has 2 rings (SSSR count). The molecule has 0 spiro atoms. The van der Waals surface area contributed by atoms with Crippen molar-refractivity contribution in [2.75, 3.05) is 0 Å². The first-order valence-electron chi connectivity index (χ1n) is 6.01. The zero-order chi connectivity index (χ0) is 16.1. The molecule has 112 valence electrons. The number of carbonyl (C=O) groups is 1. The predicted octanol–water partition coefficient (Wildman–Crippen LogP) is 3.67. The molecule has 0 saturated carbocycles. The van der Waals surface area contributed by atoms with E-state index in [1.165, 1.54) is 30.5 Å². The minimum absolute atomic E-state index is 0.0881. The lowest BCUT2D eigenvalue weighted by atomic mass is 10.2. The molecular formula is C14H9Cl2N3O3. The highest BCUT2D eigenvalue weighted by Crippen LogP contribution is 2.22. The van der Waals surface area contributed by atoms with Crippen LogP contribution < -0.4 is 5.43 Å². The van der Waals surface area contributed by atoms with Gasteiger partial charge in [-0.2, -0.15) is 5.10 Å². The SMILES string of the molecule is O=C(N/N=C/c1c(Cl)cccc1Cl)c1ccccc1[N+](=O)[O-]. The number of carbonyl (C=O) groups excluding carboxylic acids is 1. The number of hydrazone groups is 1. The second-order valence-corrected chi connectivity index (χ2v) is 4.92. The number of halogens is 2. The predicted molar refractivity (Wildman–Crippen MR) is 84.6 cm³/mol. The minimum atomic E-state index is -0.702. The van der Waals surface area contributed by atoms with Gasteiger partial charge in [0.15, 0.2) is 0 Å². The van der Waals surface area contributed by atoms with E-state index in [9.17, 15) is 14.9 Å². The van der Waals surface area contributed by atoms with E-state index in [4.69, 9.17) is 23.2 Å². The van der Waals surface area contributed by atoms with E-state index in [1.807, 2.05) is 0 Å². The van der Waals surface area contributed by atoms with Crippen molar-refractivity contribution in [3.8, 4) is 0 Å². The molecule has 0 radical (unpaired) electrons. The second-order valence-electron chi connectivity index (χ2n) is 4.11. The fourth-order valence-electron chi connectivity index (χ4n) is 1.67. The molecule has 1 N–H and O–H groups in total. The van der Waals surface area contributed by atoms with E-state index in [0.717, 1.165) is 0 Å². The molecule has 8 heteroatoms. The van der Waals surface area contributed by atoms with Gasteiger partial charge in [-0.15, -0.1) is 0 Å². The maximum Gasteiger partial charge on any atom is 0.282 e. The van der Waals surface area contributed by atoms with Crippen LogP contribution in [0.5, 0.6) is 0 Å². The van der Waals surface area contributed by atoms with Gasteiger partial charge in [0.2, 0.25) is 0 Å². The first-order chi connectivity index (χ1) is 10.5. The number of nitrogens with one attached hydrogen (secondary N) is 1. The summed E-state index contributed by atoms with van der Waals surface area (Å²) in [5, 5.41) is 15.3. The van der Waals surface area contributed by atoms with E-state index >= 15 is 0 Å². The van der Waals surface area contributed by atoms with Crippen LogP contribution in [-0.2, 0) is 0 Å². The van der Waals surface area contributed by atoms with E-state index in [0.29, 0.717) is 15.6 Å². The molecule has 6 nitrogen and oxygen atoms in total. The molecule has 0 unspecified atom stereocenters. The Morgan fingerprint density at radius 2 is 1.77 bits per heavy atom. The Labute approximate surface area is 135 Å². The average Bonchev–Trinajstić information content (AvgIpc) is 2.50. The lowest BCUT2D eigenvalue weighted by Gasteiger charge is -2.02. The number of rotatable bonds is 4. The summed E-state index contributed by atoms with van der Waals surface area (Å²) in [5.74, 6) is -0.702. The van der Waals surface area contributed by atoms with Gasteiger partial charge >= 0.3 is 0 Å². The first-order valence-corrected chi connectivity index (χ1v) is 6.77. The summed E-state index contributed by atoms with van der Waals surface area (Å²) in [7, 11) is 0. The molecular weight excluding hydrogens is 329 g/mol. The fraction of sp³-hybridized carbons (Fsp3) is 0. The van der Waals surface area contributed by atoms with Crippen LogP contribution >= 0.6 is 23.2 Å². The molecule has 0 bridgehead atoms. The normalized spacial score (nSPS) is 10.6. The molecule has 2 aromatic carbocycles. The van der Waals surface area contributed by atoms with E-state index in [1.54, 1.807) is 18.2 Å². The first kappa shape index (κ1) is 15.9. The van der Waals surface area contributed by atoms with Crippen LogP contribution in [-0.4, -0.2) is 17.0 Å². The highest BCUT2D eigenvalue weighted by atomic mass is 35.5. The summed E-state index contributed by atoms with van der Waals surface area (Å²) in [6, 6.07) is 10.5. The van der Waals surface area contributed by atoms with Crippen LogP contribution in [0.25, 0.3) is 0 Å². The summed E-state index contributed by atoms with van der Waals surface area (Å²) >= 11 is 11.9. The third kappa shape index (κ3) is 3.60. The minimum Gasteiger partial charge on any atom is -0.267 e. The molecule has 0 atom stereocenters. The summed E-state index contributed by atoms with van der Waals surface area (Å²) < 4.78 is 0. The third-order valence-electron chi connectivity index (χ3n) is 2.70. The number of nitro groups is 1. The second kappa shape index (κ2) is 7.02. The summed E-state index contributed by atoms with van der Waals surface area (Å²) in [6.45, 7) is 0. The van der Waals surface area contributed by atoms with Crippen LogP contribution in [0.4, 0.5) is 5.69 Å². The number of para-hydroxylation sites is 1. The van der Waals surface area contributed by atoms with Gasteiger partial charge in [0, 0.05) is 11.6 Å². The van der Waals surface area contributed by atoms with Crippen molar-refractivity contribution in [2.45, 2.75) is 0 Å². The molecule has 0 aromatic heterocycles. The van der Waals surface area contributed by atoms with Crippen LogP contribution in [0.15, 0.2) is 47.6 Å². The van der Waals surface area contributed by atoms with Crippen LogP contribution in [0.3, 0.4) is 0 Å². The van der Waals surface area contributed by atoms with Gasteiger partial charge in [0.25, 0.3) is 11.6 Å². The lowest BCUT2D eigenvalue weighted by Crippen LogP contribution is -2.19. The fourth-order valence-corrected chi connectivity index (χ4v) is 2.17. The maximum absolute atomic E-state index is 11.9. The van der Waals surface area contributed by atoms with Gasteiger partial charge in [-0.3, -0.25) is 14.9 Å². The van der Waals surface area contributed by atoms with Crippen LogP contribution in [0, 0.1) is 10.1 Å². The average molecular weight is 338 g/mol. The third-order valence-corrected chi connectivity index (χ3v) is 3.36. The standard InChI is InChI=1S/C14H9Cl2N3O3/c15-11-5-3-6-12(16)10(11)8-17-18-14(20)9-4-1-2-7-13(9)19(21)22/h1-8H,(H,18,20)/b17-8+. The molecule has 0 aliphatic rings. The zero-order valence-electron chi connectivity index (χ0n) is 11.0. The van der Waals surface area contributed by atoms with E-state index < -0.39 is 10.8 Å². The van der Waals surface area contributed by atoms with Crippen molar-refractivity contribution >= 4 is 41.0 Å². The van der Waals surface area contributed by atoms with Crippen molar-refractivity contribution in [3.63, 3.8) is 0 Å². The van der Waals surface area contributed by atoms with Gasteiger partial charge in [0.1, 0.15) is 5.56 Å². The molecule has 0 fully saturated rings. The van der Waals surface area contributed by atoms with Crippen molar-refractivity contribution < 1.29 is 9.72 Å². The summed E-state index contributed by atoms with van der Waals surface area (Å²) in [6.07, 6.45) is 1.28.